The smallest absolute Gasteiger partial charge is 0.258 e. The van der Waals surface area contributed by atoms with E-state index in [1.165, 1.54) is 42.9 Å². The highest BCUT2D eigenvalue weighted by atomic mass is 79.9. The van der Waals surface area contributed by atoms with Gasteiger partial charge in [-0.2, -0.15) is 0 Å². The van der Waals surface area contributed by atoms with Gasteiger partial charge in [0.25, 0.3) is 5.91 Å². The Hall–Kier alpha value is -2.05. The highest BCUT2D eigenvalue weighted by Gasteiger charge is 2.19. The van der Waals surface area contributed by atoms with E-state index in [4.69, 9.17) is 9.15 Å². The first-order valence-electron chi connectivity index (χ1n) is 7.99. The van der Waals surface area contributed by atoms with Crippen LogP contribution in [-0.4, -0.2) is 39.6 Å². The van der Waals surface area contributed by atoms with Crippen molar-refractivity contribution in [3.63, 3.8) is 0 Å². The number of ether oxygens (including phenoxy) is 1. The fourth-order valence-corrected chi connectivity index (χ4v) is 4.40. The van der Waals surface area contributed by atoms with Crippen LogP contribution in [0.2, 0.25) is 0 Å². The zero-order chi connectivity index (χ0) is 20.1. The van der Waals surface area contributed by atoms with Crippen LogP contribution >= 0.6 is 27.3 Å². The van der Waals surface area contributed by atoms with E-state index in [-0.39, 0.29) is 23.6 Å². The Labute approximate surface area is 174 Å². The number of methoxy groups -OCH3 is 1. The molecule has 2 N–H and O–H groups in total. The molecular weight excluding hydrogens is 470 g/mol. The lowest BCUT2D eigenvalue weighted by Gasteiger charge is -2.09. The first-order valence-corrected chi connectivity index (χ1v) is 11.1. The number of rotatable bonds is 8. The lowest BCUT2D eigenvalue weighted by molar-refractivity contribution is 0.102. The first kappa shape index (κ1) is 20.7. The highest BCUT2D eigenvalue weighted by Crippen LogP contribution is 2.27. The Bertz CT molecular complexity index is 1060. The number of carbonyl (C=O) groups excluding carboxylic acids is 1. The Morgan fingerprint density at radius 1 is 1.36 bits per heavy atom. The molecule has 0 atom stereocenters. The maximum atomic E-state index is 12.6. The van der Waals surface area contributed by atoms with Gasteiger partial charge in [-0.25, -0.2) is 18.1 Å². The summed E-state index contributed by atoms with van der Waals surface area (Å²) in [6, 6.07) is 7.73. The number of halogens is 1. The summed E-state index contributed by atoms with van der Waals surface area (Å²) in [6.45, 7) is 0.371. The normalized spacial score (nSPS) is 11.5. The van der Waals surface area contributed by atoms with Gasteiger partial charge in [-0.15, -0.1) is 11.3 Å². The average Bonchev–Trinajstić information content (AvgIpc) is 3.33. The molecule has 0 unspecified atom stereocenters. The fraction of sp³-hybridized carbons (Fsp3) is 0.176. The summed E-state index contributed by atoms with van der Waals surface area (Å²) in [7, 11) is -2.28. The van der Waals surface area contributed by atoms with Crippen LogP contribution in [0.5, 0.6) is 0 Å². The molecule has 2 heterocycles. The van der Waals surface area contributed by atoms with Gasteiger partial charge in [0, 0.05) is 23.5 Å². The number of carbonyl (C=O) groups is 1. The Morgan fingerprint density at radius 3 is 2.89 bits per heavy atom. The molecule has 2 aromatic heterocycles. The molecule has 0 radical (unpaired) electrons. The maximum absolute atomic E-state index is 12.6. The second kappa shape index (κ2) is 8.97. The summed E-state index contributed by atoms with van der Waals surface area (Å²) in [6.07, 6.45) is 1.54. The minimum absolute atomic E-state index is 0.0210. The van der Waals surface area contributed by atoms with Gasteiger partial charge in [0.1, 0.15) is 5.69 Å². The van der Waals surface area contributed by atoms with Crippen molar-refractivity contribution in [3.05, 3.63) is 52.0 Å². The quantitative estimate of drug-likeness (QED) is 0.473. The number of nitrogens with zero attached hydrogens (tertiary/aromatic N) is 1. The molecule has 11 heteroatoms. The van der Waals surface area contributed by atoms with Gasteiger partial charge < -0.3 is 9.15 Å². The predicted octanol–water partition coefficient (Wildman–Crippen LogP) is 3.34. The zero-order valence-electron chi connectivity index (χ0n) is 14.6. The van der Waals surface area contributed by atoms with Gasteiger partial charge in [-0.3, -0.25) is 10.1 Å². The monoisotopic (exact) mass is 485 g/mol. The lowest BCUT2D eigenvalue weighted by Crippen LogP contribution is -2.27. The van der Waals surface area contributed by atoms with Gasteiger partial charge in [-0.05, 0) is 46.3 Å². The summed E-state index contributed by atoms with van der Waals surface area (Å²) >= 11 is 4.52. The van der Waals surface area contributed by atoms with Crippen molar-refractivity contribution in [2.24, 2.45) is 0 Å². The van der Waals surface area contributed by atoms with Crippen molar-refractivity contribution in [3.8, 4) is 11.5 Å². The number of furan rings is 1. The number of thiazole rings is 1. The van der Waals surface area contributed by atoms with Crippen LogP contribution in [0.3, 0.4) is 0 Å². The van der Waals surface area contributed by atoms with Gasteiger partial charge in [0.05, 0.1) is 23.3 Å². The van der Waals surface area contributed by atoms with E-state index in [0.29, 0.717) is 21.1 Å². The second-order valence-corrected chi connectivity index (χ2v) is 8.98. The molecule has 0 spiro atoms. The third-order valence-electron chi connectivity index (χ3n) is 3.59. The van der Waals surface area contributed by atoms with Gasteiger partial charge >= 0.3 is 0 Å². The number of hydrogen-bond acceptors (Lipinski definition) is 7. The minimum Gasteiger partial charge on any atom is -0.463 e. The van der Waals surface area contributed by atoms with Crippen LogP contribution in [-0.2, 0) is 14.8 Å². The molecular formula is C17H16BrN3O5S2. The lowest BCUT2D eigenvalue weighted by atomic mass is 10.2. The molecule has 148 valence electrons. The highest BCUT2D eigenvalue weighted by molar-refractivity contribution is 9.10. The molecule has 3 aromatic rings. The molecule has 0 saturated carbocycles. The van der Waals surface area contributed by atoms with Gasteiger partial charge in [0.15, 0.2) is 10.9 Å². The van der Waals surface area contributed by atoms with Crippen molar-refractivity contribution in [1.29, 1.82) is 0 Å². The molecule has 8 nitrogen and oxygen atoms in total. The number of hydrogen-bond donors (Lipinski definition) is 2. The first-order chi connectivity index (χ1) is 13.4. The molecule has 0 aliphatic carbocycles. The predicted molar refractivity (Wildman–Crippen MR) is 109 cm³/mol. The Balaban J connectivity index is 1.78. The average molecular weight is 486 g/mol. The van der Waals surface area contributed by atoms with E-state index in [2.05, 4.69) is 31.0 Å². The number of amides is 1. The van der Waals surface area contributed by atoms with E-state index in [0.717, 1.165) is 0 Å². The van der Waals surface area contributed by atoms with E-state index < -0.39 is 15.9 Å². The Morgan fingerprint density at radius 2 is 2.18 bits per heavy atom. The molecule has 28 heavy (non-hydrogen) atoms. The number of benzene rings is 1. The van der Waals surface area contributed by atoms with Crippen molar-refractivity contribution < 1.29 is 22.4 Å². The molecule has 1 aromatic carbocycles. The van der Waals surface area contributed by atoms with Crippen molar-refractivity contribution >= 4 is 48.3 Å². The summed E-state index contributed by atoms with van der Waals surface area (Å²) in [5.41, 5.74) is 0.771. The van der Waals surface area contributed by atoms with Crippen LogP contribution in [0.15, 0.2) is 55.8 Å². The van der Waals surface area contributed by atoms with E-state index >= 15 is 0 Å². The second-order valence-electron chi connectivity index (χ2n) is 5.50. The molecule has 0 aliphatic heterocycles. The molecule has 0 saturated heterocycles. The van der Waals surface area contributed by atoms with Crippen LogP contribution in [0, 0.1) is 0 Å². The van der Waals surface area contributed by atoms with Crippen molar-refractivity contribution in [2.75, 3.05) is 25.6 Å². The summed E-state index contributed by atoms with van der Waals surface area (Å²) in [5, 5.41) is 4.80. The topological polar surface area (TPSA) is 111 Å². The van der Waals surface area contributed by atoms with Gasteiger partial charge in [0.2, 0.25) is 10.0 Å². The fourth-order valence-electron chi connectivity index (χ4n) is 2.24. The molecule has 1 amide bonds. The maximum Gasteiger partial charge on any atom is 0.258 e. The third-order valence-corrected chi connectivity index (χ3v) is 6.50. The molecule has 3 rings (SSSR count). The number of anilines is 1. The third kappa shape index (κ3) is 4.86. The van der Waals surface area contributed by atoms with E-state index in [9.17, 15) is 13.2 Å². The van der Waals surface area contributed by atoms with Crippen molar-refractivity contribution in [1.82, 2.24) is 9.71 Å². The number of aromatic nitrogens is 1. The summed E-state index contributed by atoms with van der Waals surface area (Å²) in [4.78, 5) is 16.9. The summed E-state index contributed by atoms with van der Waals surface area (Å²) < 4.78 is 37.7. The minimum atomic E-state index is -3.76. The Kier molecular flexibility index (Phi) is 6.62. The van der Waals surface area contributed by atoms with E-state index in [1.54, 1.807) is 17.5 Å². The molecule has 0 bridgehead atoms. The van der Waals surface area contributed by atoms with Crippen LogP contribution in [0.1, 0.15) is 10.4 Å². The van der Waals surface area contributed by atoms with Crippen LogP contribution in [0.4, 0.5) is 5.13 Å². The largest absolute Gasteiger partial charge is 0.463 e. The van der Waals surface area contributed by atoms with E-state index in [1.807, 2.05) is 0 Å². The molecule has 0 fully saturated rings. The van der Waals surface area contributed by atoms with Gasteiger partial charge in [-0.1, -0.05) is 0 Å². The SMILES string of the molecule is COCCNS(=O)(=O)c1ccc(Br)c(C(=O)Nc2nc(-c3ccco3)cs2)c1. The summed E-state index contributed by atoms with van der Waals surface area (Å²) in [5.74, 6) is 0.106. The number of nitrogens with one attached hydrogen (secondary N) is 2. The van der Waals surface area contributed by atoms with Crippen LogP contribution in [0.25, 0.3) is 11.5 Å². The number of sulfonamides is 1. The van der Waals surface area contributed by atoms with Crippen LogP contribution < -0.4 is 10.0 Å². The standard InChI is InChI=1S/C17H16BrN3O5S2/c1-25-8-6-19-28(23,24)11-4-5-13(18)12(9-11)16(22)21-17-20-14(10-27-17)15-3-2-7-26-15/h2-5,7,9-10,19H,6,8H2,1H3,(H,20,21,22). The van der Waals surface area contributed by atoms with Crippen molar-refractivity contribution in [2.45, 2.75) is 4.90 Å². The molecule has 0 aliphatic rings. The zero-order valence-corrected chi connectivity index (χ0v) is 17.9.